The molecule has 0 heterocycles. The van der Waals surface area contributed by atoms with Gasteiger partial charge in [0.25, 0.3) is 0 Å². The van der Waals surface area contributed by atoms with Crippen molar-refractivity contribution in [3.8, 4) is 0 Å². The summed E-state index contributed by atoms with van der Waals surface area (Å²) < 4.78 is 0. The van der Waals surface area contributed by atoms with E-state index in [0.29, 0.717) is 5.92 Å². The zero-order valence-corrected chi connectivity index (χ0v) is 14.7. The van der Waals surface area contributed by atoms with E-state index in [1.807, 2.05) is 0 Å². The van der Waals surface area contributed by atoms with Crippen LogP contribution in [0.1, 0.15) is 71.4 Å². The van der Waals surface area contributed by atoms with Gasteiger partial charge < -0.3 is 0 Å². The summed E-state index contributed by atoms with van der Waals surface area (Å²) in [5, 5.41) is 0.195. The lowest BCUT2D eigenvalue weighted by Crippen LogP contribution is -2.18. The molecule has 0 saturated heterocycles. The number of halogens is 1. The number of alkyl halides is 1. The van der Waals surface area contributed by atoms with Gasteiger partial charge in [0.1, 0.15) is 0 Å². The Morgan fingerprint density at radius 1 is 0.750 bits per heavy atom. The Labute approximate surface area is 129 Å². The quantitative estimate of drug-likeness (QED) is 0.558. The third-order valence-corrected chi connectivity index (χ3v) is 6.38. The van der Waals surface area contributed by atoms with Crippen LogP contribution >= 0.6 is 11.6 Å². The lowest BCUT2D eigenvalue weighted by atomic mass is 9.77. The zero-order chi connectivity index (χ0) is 15.0. The molecule has 1 aromatic carbocycles. The fourth-order valence-electron chi connectivity index (χ4n) is 3.76. The molecule has 1 saturated carbocycles. The summed E-state index contributed by atoms with van der Waals surface area (Å²) in [5.74, 6) is 1.55. The average molecular weight is 293 g/mol. The highest BCUT2D eigenvalue weighted by Gasteiger charge is 2.28. The van der Waals surface area contributed by atoms with Crippen LogP contribution in [0.5, 0.6) is 0 Å². The molecular weight excluding hydrogens is 264 g/mol. The largest absolute Gasteiger partial charge is 0.118 e. The first-order valence-corrected chi connectivity index (χ1v) is 8.49. The molecule has 20 heavy (non-hydrogen) atoms. The Balaban J connectivity index is 2.37. The molecule has 0 spiro atoms. The fourth-order valence-corrected chi connectivity index (χ4v) is 4.34. The highest BCUT2D eigenvalue weighted by atomic mass is 35.5. The third kappa shape index (κ3) is 2.77. The van der Waals surface area contributed by atoms with Gasteiger partial charge in [0.2, 0.25) is 0 Å². The summed E-state index contributed by atoms with van der Waals surface area (Å²) in [6.07, 6.45) is 5.27. The highest BCUT2D eigenvalue weighted by Crippen LogP contribution is 2.44. The van der Waals surface area contributed by atoms with Crippen molar-refractivity contribution >= 4 is 11.6 Å². The Morgan fingerprint density at radius 2 is 1.15 bits per heavy atom. The van der Waals surface area contributed by atoms with Crippen molar-refractivity contribution in [2.75, 3.05) is 0 Å². The van der Waals surface area contributed by atoms with Crippen molar-refractivity contribution in [2.24, 2.45) is 11.8 Å². The van der Waals surface area contributed by atoms with E-state index in [1.165, 1.54) is 59.1 Å². The summed E-state index contributed by atoms with van der Waals surface area (Å²) in [6.45, 7) is 13.6. The molecule has 2 rings (SSSR count). The molecule has 1 aliphatic rings. The molecule has 0 bridgehead atoms. The van der Waals surface area contributed by atoms with Crippen molar-refractivity contribution in [1.29, 1.82) is 0 Å². The van der Waals surface area contributed by atoms with Gasteiger partial charge in [-0.1, -0.05) is 19.8 Å². The van der Waals surface area contributed by atoms with Gasteiger partial charge in [0.15, 0.2) is 0 Å². The Hall–Kier alpha value is -0.490. The van der Waals surface area contributed by atoms with Crippen LogP contribution in [-0.4, -0.2) is 0 Å². The minimum Gasteiger partial charge on any atom is -0.118 e. The normalized spacial score (nSPS) is 24.8. The van der Waals surface area contributed by atoms with E-state index in [0.717, 1.165) is 5.92 Å². The molecule has 1 heteroatoms. The topological polar surface area (TPSA) is 0 Å². The molecule has 1 unspecified atom stereocenters. The van der Waals surface area contributed by atoms with E-state index in [-0.39, 0.29) is 5.38 Å². The fraction of sp³-hybridized carbons (Fsp3) is 0.684. The molecule has 0 amide bonds. The van der Waals surface area contributed by atoms with Crippen molar-refractivity contribution in [3.63, 3.8) is 0 Å². The maximum Gasteiger partial charge on any atom is 0.0618 e. The standard InChI is InChI=1S/C19H29Cl/c1-11-7-9-17(10-8-11)19(20)18-15(5)13(3)12(2)14(4)16(18)6/h11,17,19H,7-10H2,1-6H3. The number of hydrogen-bond acceptors (Lipinski definition) is 0. The van der Waals surface area contributed by atoms with Crippen LogP contribution in [0.4, 0.5) is 0 Å². The summed E-state index contributed by atoms with van der Waals surface area (Å²) in [5.41, 5.74) is 8.56. The lowest BCUT2D eigenvalue weighted by molar-refractivity contribution is 0.283. The van der Waals surface area contributed by atoms with Crippen LogP contribution in [0, 0.1) is 46.5 Å². The second-order valence-electron chi connectivity index (χ2n) is 6.96. The molecule has 1 aromatic rings. The van der Waals surface area contributed by atoms with Gasteiger partial charge >= 0.3 is 0 Å². The molecule has 1 fully saturated rings. The van der Waals surface area contributed by atoms with E-state index in [1.54, 1.807) is 0 Å². The van der Waals surface area contributed by atoms with Gasteiger partial charge in [-0.25, -0.2) is 0 Å². The summed E-state index contributed by atoms with van der Waals surface area (Å²) in [4.78, 5) is 0. The Kier molecular flexibility index (Phi) is 4.84. The Bertz CT molecular complexity index is 464. The summed E-state index contributed by atoms with van der Waals surface area (Å²) in [7, 11) is 0. The molecular formula is C19H29Cl. The molecule has 0 radical (unpaired) electrons. The first kappa shape index (κ1) is 15.9. The second kappa shape index (κ2) is 6.10. The Morgan fingerprint density at radius 3 is 1.60 bits per heavy atom. The molecule has 0 N–H and O–H groups in total. The maximum atomic E-state index is 6.94. The van der Waals surface area contributed by atoms with Crippen LogP contribution in [0.25, 0.3) is 0 Å². The van der Waals surface area contributed by atoms with E-state index in [2.05, 4.69) is 41.5 Å². The highest BCUT2D eigenvalue weighted by molar-refractivity contribution is 6.21. The predicted molar refractivity (Wildman–Crippen MR) is 89.8 cm³/mol. The minimum absolute atomic E-state index is 0.195. The number of benzene rings is 1. The van der Waals surface area contributed by atoms with E-state index >= 15 is 0 Å². The van der Waals surface area contributed by atoms with E-state index < -0.39 is 0 Å². The molecule has 1 atom stereocenters. The van der Waals surface area contributed by atoms with Gasteiger partial charge in [0.05, 0.1) is 5.38 Å². The first-order valence-electron chi connectivity index (χ1n) is 8.05. The van der Waals surface area contributed by atoms with Crippen molar-refractivity contribution < 1.29 is 0 Å². The van der Waals surface area contributed by atoms with Gasteiger partial charge in [-0.15, -0.1) is 11.6 Å². The molecule has 0 nitrogen and oxygen atoms in total. The molecule has 1 aliphatic carbocycles. The van der Waals surface area contributed by atoms with Gasteiger partial charge in [0, 0.05) is 0 Å². The van der Waals surface area contributed by atoms with Gasteiger partial charge in [-0.05, 0) is 92.7 Å². The van der Waals surface area contributed by atoms with Crippen molar-refractivity contribution in [1.82, 2.24) is 0 Å². The molecule has 0 aromatic heterocycles. The van der Waals surface area contributed by atoms with Crippen LogP contribution in [0.3, 0.4) is 0 Å². The smallest absolute Gasteiger partial charge is 0.0618 e. The second-order valence-corrected chi connectivity index (χ2v) is 7.43. The lowest BCUT2D eigenvalue weighted by Gasteiger charge is -2.32. The molecule has 0 aliphatic heterocycles. The number of hydrogen-bond donors (Lipinski definition) is 0. The predicted octanol–water partition coefficient (Wildman–Crippen LogP) is 6.33. The summed E-state index contributed by atoms with van der Waals surface area (Å²) >= 11 is 6.94. The SMILES string of the molecule is Cc1c(C)c(C)c(C(Cl)C2CCC(C)CC2)c(C)c1C. The van der Waals surface area contributed by atoms with Crippen LogP contribution < -0.4 is 0 Å². The van der Waals surface area contributed by atoms with Crippen LogP contribution in [-0.2, 0) is 0 Å². The summed E-state index contributed by atoms with van der Waals surface area (Å²) in [6, 6.07) is 0. The van der Waals surface area contributed by atoms with Gasteiger partial charge in [-0.2, -0.15) is 0 Å². The van der Waals surface area contributed by atoms with E-state index in [9.17, 15) is 0 Å². The zero-order valence-electron chi connectivity index (χ0n) is 13.9. The molecule has 112 valence electrons. The maximum absolute atomic E-state index is 6.94. The van der Waals surface area contributed by atoms with Crippen LogP contribution in [0.2, 0.25) is 0 Å². The minimum atomic E-state index is 0.195. The number of rotatable bonds is 2. The third-order valence-electron chi connectivity index (χ3n) is 5.81. The first-order chi connectivity index (χ1) is 9.34. The van der Waals surface area contributed by atoms with Gasteiger partial charge in [-0.3, -0.25) is 0 Å². The van der Waals surface area contributed by atoms with Crippen molar-refractivity contribution in [2.45, 2.75) is 72.6 Å². The monoisotopic (exact) mass is 292 g/mol. The van der Waals surface area contributed by atoms with E-state index in [4.69, 9.17) is 11.6 Å². The van der Waals surface area contributed by atoms with Crippen LogP contribution in [0.15, 0.2) is 0 Å². The average Bonchev–Trinajstić information content (AvgIpc) is 2.44. The van der Waals surface area contributed by atoms with Crippen molar-refractivity contribution in [3.05, 3.63) is 33.4 Å².